The Morgan fingerprint density at radius 3 is 2.35 bits per heavy atom. The third kappa shape index (κ3) is 9.62. The van der Waals surface area contributed by atoms with Gasteiger partial charge >= 0.3 is 12.1 Å². The van der Waals surface area contributed by atoms with E-state index in [2.05, 4.69) is 15.4 Å². The predicted molar refractivity (Wildman–Crippen MR) is 63.7 cm³/mol. The minimum absolute atomic E-state index is 0.122. The van der Waals surface area contributed by atoms with Gasteiger partial charge in [0.05, 0.1) is 13.7 Å². The van der Waals surface area contributed by atoms with E-state index >= 15 is 0 Å². The Hall–Kier alpha value is -1.30. The average Bonchev–Trinajstić information content (AvgIpc) is 2.13. The molecular weight excluding hydrogens is 224 g/mol. The van der Waals surface area contributed by atoms with Gasteiger partial charge in [0.1, 0.15) is 5.60 Å². The van der Waals surface area contributed by atoms with Gasteiger partial charge in [-0.3, -0.25) is 4.79 Å². The van der Waals surface area contributed by atoms with Crippen LogP contribution >= 0.6 is 0 Å². The molecule has 0 aliphatic carbocycles. The van der Waals surface area contributed by atoms with E-state index < -0.39 is 11.7 Å². The lowest BCUT2D eigenvalue weighted by Gasteiger charge is -2.22. The Morgan fingerprint density at radius 2 is 1.88 bits per heavy atom. The van der Waals surface area contributed by atoms with Crippen LogP contribution in [0.4, 0.5) is 4.79 Å². The van der Waals surface area contributed by atoms with E-state index in [1.54, 1.807) is 20.8 Å². The lowest BCUT2D eigenvalue weighted by atomic mass is 10.2. The summed E-state index contributed by atoms with van der Waals surface area (Å²) >= 11 is 0. The molecule has 0 aromatic heterocycles. The van der Waals surface area contributed by atoms with Crippen molar-refractivity contribution in [3.63, 3.8) is 0 Å². The van der Waals surface area contributed by atoms with Crippen molar-refractivity contribution in [3.8, 4) is 0 Å². The molecule has 6 nitrogen and oxygen atoms in total. The first kappa shape index (κ1) is 15.7. The van der Waals surface area contributed by atoms with Gasteiger partial charge < -0.3 is 20.1 Å². The molecule has 0 aliphatic rings. The van der Waals surface area contributed by atoms with Gasteiger partial charge in [-0.2, -0.15) is 0 Å². The zero-order valence-electron chi connectivity index (χ0n) is 11.1. The number of carbonyl (C=O) groups excluding carboxylic acids is 2. The van der Waals surface area contributed by atoms with E-state index in [4.69, 9.17) is 4.74 Å². The third-order valence-corrected chi connectivity index (χ3v) is 1.71. The number of methoxy groups -OCH3 is 1. The van der Waals surface area contributed by atoms with Gasteiger partial charge in [0.2, 0.25) is 0 Å². The number of hydrogen-bond acceptors (Lipinski definition) is 5. The van der Waals surface area contributed by atoms with Crippen molar-refractivity contribution in [1.29, 1.82) is 0 Å². The number of alkyl carbamates (subject to hydrolysis) is 1. The molecule has 6 heteroatoms. The summed E-state index contributed by atoms with van der Waals surface area (Å²) in [6.45, 7) is 7.80. The number of ether oxygens (including phenoxy) is 2. The first-order valence-electron chi connectivity index (χ1n) is 5.51. The van der Waals surface area contributed by atoms with Gasteiger partial charge in [0.25, 0.3) is 0 Å². The van der Waals surface area contributed by atoms with Crippen LogP contribution in [0.25, 0.3) is 0 Å². The fourth-order valence-electron chi connectivity index (χ4n) is 1.02. The van der Waals surface area contributed by atoms with E-state index in [1.807, 2.05) is 6.92 Å². The van der Waals surface area contributed by atoms with Crippen molar-refractivity contribution in [2.75, 3.05) is 20.2 Å². The minimum Gasteiger partial charge on any atom is -0.468 e. The molecule has 0 rings (SSSR count). The molecule has 0 heterocycles. The summed E-state index contributed by atoms with van der Waals surface area (Å²) in [6.07, 6.45) is -0.468. The summed E-state index contributed by atoms with van der Waals surface area (Å²) in [4.78, 5) is 22.2. The van der Waals surface area contributed by atoms with Gasteiger partial charge in [-0.05, 0) is 27.7 Å². The number of nitrogens with one attached hydrogen (secondary N) is 2. The highest BCUT2D eigenvalue weighted by Gasteiger charge is 2.17. The maximum absolute atomic E-state index is 11.4. The molecule has 0 aromatic rings. The lowest BCUT2D eigenvalue weighted by Crippen LogP contribution is -2.43. The maximum Gasteiger partial charge on any atom is 0.407 e. The molecule has 100 valence electrons. The van der Waals surface area contributed by atoms with E-state index in [1.165, 1.54) is 7.11 Å². The predicted octanol–water partition coefficient (Wildman–Crippen LogP) is 0.662. The Kier molecular flexibility index (Phi) is 6.57. The van der Waals surface area contributed by atoms with Crippen molar-refractivity contribution in [3.05, 3.63) is 0 Å². The van der Waals surface area contributed by atoms with Crippen LogP contribution in [0.5, 0.6) is 0 Å². The van der Waals surface area contributed by atoms with Crippen LogP contribution in [0.1, 0.15) is 27.7 Å². The first-order valence-corrected chi connectivity index (χ1v) is 5.51. The molecule has 0 aliphatic heterocycles. The molecule has 0 bridgehead atoms. The van der Waals surface area contributed by atoms with Crippen molar-refractivity contribution in [2.45, 2.75) is 39.3 Å². The highest BCUT2D eigenvalue weighted by atomic mass is 16.6. The molecule has 0 saturated carbocycles. The van der Waals surface area contributed by atoms with Gasteiger partial charge in [-0.1, -0.05) is 0 Å². The molecule has 17 heavy (non-hydrogen) atoms. The zero-order chi connectivity index (χ0) is 13.5. The largest absolute Gasteiger partial charge is 0.468 e. The quantitative estimate of drug-likeness (QED) is 0.697. The average molecular weight is 246 g/mol. The van der Waals surface area contributed by atoms with Crippen molar-refractivity contribution >= 4 is 12.1 Å². The van der Waals surface area contributed by atoms with Gasteiger partial charge in [0.15, 0.2) is 0 Å². The Balaban J connectivity index is 3.75. The smallest absolute Gasteiger partial charge is 0.407 e. The van der Waals surface area contributed by atoms with E-state index in [9.17, 15) is 9.59 Å². The van der Waals surface area contributed by atoms with Gasteiger partial charge in [-0.15, -0.1) is 0 Å². The second-order valence-corrected chi connectivity index (χ2v) is 4.75. The molecule has 1 atom stereocenters. The SMILES string of the molecule is COC(=O)CNC[C@H](C)NC(=O)OC(C)(C)C. The number of amides is 1. The maximum atomic E-state index is 11.4. The molecule has 0 radical (unpaired) electrons. The number of esters is 1. The standard InChI is InChI=1S/C11H22N2O4/c1-8(6-12-7-9(14)16-5)13-10(15)17-11(2,3)4/h8,12H,6-7H2,1-5H3,(H,13,15)/t8-/m0/s1. The van der Waals surface area contributed by atoms with Crippen molar-refractivity contribution < 1.29 is 19.1 Å². The Morgan fingerprint density at radius 1 is 1.29 bits per heavy atom. The summed E-state index contributed by atoms with van der Waals surface area (Å²) in [6, 6.07) is -0.130. The molecule has 0 fully saturated rings. The van der Waals surface area contributed by atoms with Crippen molar-refractivity contribution in [2.24, 2.45) is 0 Å². The molecule has 2 N–H and O–H groups in total. The molecule has 0 spiro atoms. The lowest BCUT2D eigenvalue weighted by molar-refractivity contribution is -0.139. The summed E-state index contributed by atoms with van der Waals surface area (Å²) in [7, 11) is 1.33. The summed E-state index contributed by atoms with van der Waals surface area (Å²) in [5.41, 5.74) is -0.511. The summed E-state index contributed by atoms with van der Waals surface area (Å²) in [5, 5.41) is 5.51. The van der Waals surface area contributed by atoms with Crippen LogP contribution in [0, 0.1) is 0 Å². The number of rotatable bonds is 5. The summed E-state index contributed by atoms with van der Waals surface area (Å²) < 4.78 is 9.55. The minimum atomic E-state index is -0.511. The zero-order valence-corrected chi connectivity index (χ0v) is 11.1. The molecule has 0 aromatic carbocycles. The van der Waals surface area contributed by atoms with Crippen LogP contribution in [0.2, 0.25) is 0 Å². The monoisotopic (exact) mass is 246 g/mol. The molecule has 0 unspecified atom stereocenters. The Labute approximate surface area is 102 Å². The van der Waals surface area contributed by atoms with Gasteiger partial charge in [0, 0.05) is 12.6 Å². The fourth-order valence-corrected chi connectivity index (χ4v) is 1.02. The van der Waals surface area contributed by atoms with Crippen LogP contribution in [0.3, 0.4) is 0 Å². The fraction of sp³-hybridized carbons (Fsp3) is 0.818. The van der Waals surface area contributed by atoms with Crippen LogP contribution in [-0.2, 0) is 14.3 Å². The number of hydrogen-bond donors (Lipinski definition) is 2. The second kappa shape index (κ2) is 7.11. The van der Waals surface area contributed by atoms with E-state index in [0.29, 0.717) is 6.54 Å². The van der Waals surface area contributed by atoms with E-state index in [0.717, 1.165) is 0 Å². The van der Waals surface area contributed by atoms with Gasteiger partial charge in [-0.25, -0.2) is 4.79 Å². The highest BCUT2D eigenvalue weighted by Crippen LogP contribution is 2.06. The highest BCUT2D eigenvalue weighted by molar-refractivity contribution is 5.71. The van der Waals surface area contributed by atoms with Crippen LogP contribution in [-0.4, -0.2) is 43.9 Å². The topological polar surface area (TPSA) is 76.7 Å². The van der Waals surface area contributed by atoms with Crippen LogP contribution < -0.4 is 10.6 Å². The third-order valence-electron chi connectivity index (χ3n) is 1.71. The molecule has 0 saturated heterocycles. The molecule has 1 amide bonds. The second-order valence-electron chi connectivity index (χ2n) is 4.75. The Bertz CT molecular complexity index is 261. The normalized spacial score (nSPS) is 12.8. The van der Waals surface area contributed by atoms with E-state index in [-0.39, 0.29) is 18.6 Å². The molecular formula is C11H22N2O4. The first-order chi connectivity index (χ1) is 7.74. The number of carbonyl (C=O) groups is 2. The van der Waals surface area contributed by atoms with Crippen molar-refractivity contribution in [1.82, 2.24) is 10.6 Å². The van der Waals surface area contributed by atoms with Crippen LogP contribution in [0.15, 0.2) is 0 Å². The summed E-state index contributed by atoms with van der Waals surface area (Å²) in [5.74, 6) is -0.338.